The zero-order chi connectivity index (χ0) is 13.7. The normalized spacial score (nSPS) is 11.1. The van der Waals surface area contributed by atoms with E-state index in [0.29, 0.717) is 12.6 Å². The summed E-state index contributed by atoms with van der Waals surface area (Å²) < 4.78 is 0. The molecule has 1 aromatic rings. The fourth-order valence-corrected chi connectivity index (χ4v) is 2.44. The van der Waals surface area contributed by atoms with Gasteiger partial charge in [0.2, 0.25) is 0 Å². The Bertz CT molecular complexity index is 388. The molecule has 0 radical (unpaired) electrons. The summed E-state index contributed by atoms with van der Waals surface area (Å²) in [4.78, 5) is 2.26. The third-order valence-electron chi connectivity index (χ3n) is 3.38. The fraction of sp³-hybridized carbons (Fsp3) is 0.714. The third-order valence-corrected chi connectivity index (χ3v) is 3.38. The number of rotatable bonds is 6. The van der Waals surface area contributed by atoms with Gasteiger partial charge in [0.1, 0.15) is 0 Å². The van der Waals surface area contributed by atoms with E-state index in [2.05, 4.69) is 49.7 Å². The molecule has 0 saturated carbocycles. The van der Waals surface area contributed by atoms with Gasteiger partial charge < -0.3 is 10.6 Å². The second kappa shape index (κ2) is 6.69. The molecule has 4 nitrogen and oxygen atoms in total. The van der Waals surface area contributed by atoms with Gasteiger partial charge in [-0.1, -0.05) is 13.8 Å². The molecule has 0 saturated heterocycles. The lowest BCUT2D eigenvalue weighted by molar-refractivity contribution is 0.673. The average Bonchev–Trinajstić information content (AvgIpc) is 2.38. The predicted molar refractivity (Wildman–Crippen MR) is 76.8 cm³/mol. The Balaban J connectivity index is 3.36. The first-order valence-electron chi connectivity index (χ1n) is 6.94. The van der Waals surface area contributed by atoms with E-state index < -0.39 is 0 Å². The first kappa shape index (κ1) is 14.9. The minimum atomic E-state index is 0.409. The van der Waals surface area contributed by atoms with Gasteiger partial charge in [0, 0.05) is 24.7 Å². The van der Waals surface area contributed by atoms with Crippen LogP contribution in [0, 0.1) is 0 Å². The van der Waals surface area contributed by atoms with Crippen LogP contribution in [0.5, 0.6) is 0 Å². The Morgan fingerprint density at radius 3 is 2.11 bits per heavy atom. The highest BCUT2D eigenvalue weighted by molar-refractivity contribution is 5.51. The standard InChI is InChI=1S/C14H26N4/c1-6-11-12(9-15)14(17-16-13(11)7-2)18(8-3)10(4)5/h10H,6-9,15H2,1-5H3. The van der Waals surface area contributed by atoms with Crippen molar-refractivity contribution in [3.63, 3.8) is 0 Å². The number of nitrogens with zero attached hydrogens (tertiary/aromatic N) is 3. The monoisotopic (exact) mass is 250 g/mol. The lowest BCUT2D eigenvalue weighted by atomic mass is 10.0. The molecule has 4 heteroatoms. The van der Waals surface area contributed by atoms with Crippen LogP contribution in [0.3, 0.4) is 0 Å². The van der Waals surface area contributed by atoms with Crippen LogP contribution < -0.4 is 10.6 Å². The summed E-state index contributed by atoms with van der Waals surface area (Å²) in [7, 11) is 0. The Morgan fingerprint density at radius 2 is 1.72 bits per heavy atom. The van der Waals surface area contributed by atoms with Crippen LogP contribution in [0.2, 0.25) is 0 Å². The molecule has 0 amide bonds. The van der Waals surface area contributed by atoms with Crippen LogP contribution in [-0.4, -0.2) is 22.8 Å². The smallest absolute Gasteiger partial charge is 0.156 e. The highest BCUT2D eigenvalue weighted by Gasteiger charge is 2.19. The molecule has 18 heavy (non-hydrogen) atoms. The number of anilines is 1. The van der Waals surface area contributed by atoms with Gasteiger partial charge in [-0.05, 0) is 39.2 Å². The van der Waals surface area contributed by atoms with Gasteiger partial charge in [-0.2, -0.15) is 5.10 Å². The Kier molecular flexibility index (Phi) is 5.54. The van der Waals surface area contributed by atoms with Gasteiger partial charge in [-0.3, -0.25) is 0 Å². The highest BCUT2D eigenvalue weighted by atomic mass is 15.3. The van der Waals surface area contributed by atoms with E-state index in [4.69, 9.17) is 5.73 Å². The topological polar surface area (TPSA) is 55.0 Å². The van der Waals surface area contributed by atoms with Crippen molar-refractivity contribution in [3.8, 4) is 0 Å². The molecule has 1 aromatic heterocycles. The van der Waals surface area contributed by atoms with Crippen molar-refractivity contribution in [2.24, 2.45) is 5.73 Å². The summed E-state index contributed by atoms with van der Waals surface area (Å²) in [6.07, 6.45) is 1.88. The molecule has 0 unspecified atom stereocenters. The maximum Gasteiger partial charge on any atom is 0.156 e. The molecular formula is C14H26N4. The predicted octanol–water partition coefficient (Wildman–Crippen LogP) is 2.29. The maximum absolute atomic E-state index is 5.95. The summed E-state index contributed by atoms with van der Waals surface area (Å²) in [5.41, 5.74) is 9.48. The van der Waals surface area contributed by atoms with Crippen LogP contribution >= 0.6 is 0 Å². The number of hydrogen-bond donors (Lipinski definition) is 1. The molecule has 0 spiro atoms. The average molecular weight is 250 g/mol. The van der Waals surface area contributed by atoms with Crippen LogP contribution in [0.25, 0.3) is 0 Å². The fourth-order valence-electron chi connectivity index (χ4n) is 2.44. The molecule has 0 atom stereocenters. The molecule has 2 N–H and O–H groups in total. The van der Waals surface area contributed by atoms with Crippen molar-refractivity contribution in [2.75, 3.05) is 11.4 Å². The second-order valence-electron chi connectivity index (χ2n) is 4.72. The van der Waals surface area contributed by atoms with E-state index in [1.165, 1.54) is 11.1 Å². The van der Waals surface area contributed by atoms with Crippen molar-refractivity contribution < 1.29 is 0 Å². The molecule has 0 aliphatic rings. The summed E-state index contributed by atoms with van der Waals surface area (Å²) in [5, 5.41) is 8.80. The molecule has 0 aromatic carbocycles. The van der Waals surface area contributed by atoms with Crippen LogP contribution in [0.1, 0.15) is 51.4 Å². The van der Waals surface area contributed by atoms with E-state index in [-0.39, 0.29) is 0 Å². The minimum absolute atomic E-state index is 0.409. The van der Waals surface area contributed by atoms with Crippen molar-refractivity contribution in [1.29, 1.82) is 0 Å². The summed E-state index contributed by atoms with van der Waals surface area (Å²) in [5.74, 6) is 0.962. The van der Waals surface area contributed by atoms with E-state index in [1.54, 1.807) is 0 Å². The first-order valence-corrected chi connectivity index (χ1v) is 6.94. The van der Waals surface area contributed by atoms with Gasteiger partial charge in [0.25, 0.3) is 0 Å². The quantitative estimate of drug-likeness (QED) is 0.841. The summed E-state index contributed by atoms with van der Waals surface area (Å²) in [6, 6.07) is 0.409. The molecule has 1 rings (SSSR count). The van der Waals surface area contributed by atoms with Crippen molar-refractivity contribution in [3.05, 3.63) is 16.8 Å². The van der Waals surface area contributed by atoms with E-state index in [0.717, 1.165) is 30.9 Å². The minimum Gasteiger partial charge on any atom is -0.353 e. The zero-order valence-corrected chi connectivity index (χ0v) is 12.3. The molecule has 0 aliphatic carbocycles. The lowest BCUT2D eigenvalue weighted by Crippen LogP contribution is -2.33. The van der Waals surface area contributed by atoms with Crippen molar-refractivity contribution in [2.45, 2.75) is 60.0 Å². The molecule has 0 bridgehead atoms. The molecular weight excluding hydrogens is 224 g/mol. The second-order valence-corrected chi connectivity index (χ2v) is 4.72. The molecule has 0 fully saturated rings. The highest BCUT2D eigenvalue weighted by Crippen LogP contribution is 2.24. The van der Waals surface area contributed by atoms with Crippen LogP contribution in [0.15, 0.2) is 0 Å². The van der Waals surface area contributed by atoms with E-state index in [9.17, 15) is 0 Å². The lowest BCUT2D eigenvalue weighted by Gasteiger charge is -2.29. The SMILES string of the molecule is CCc1nnc(N(CC)C(C)C)c(CN)c1CC. The van der Waals surface area contributed by atoms with Gasteiger partial charge in [0.05, 0.1) is 5.69 Å². The van der Waals surface area contributed by atoms with E-state index >= 15 is 0 Å². The zero-order valence-electron chi connectivity index (χ0n) is 12.3. The molecule has 1 heterocycles. The maximum atomic E-state index is 5.95. The van der Waals surface area contributed by atoms with Gasteiger partial charge in [-0.25, -0.2) is 0 Å². The number of nitrogens with two attached hydrogens (primary N) is 1. The third kappa shape index (κ3) is 2.80. The Labute approximate surface area is 111 Å². The Hall–Kier alpha value is -1.16. The number of aryl methyl sites for hydroxylation is 1. The number of aromatic nitrogens is 2. The van der Waals surface area contributed by atoms with Gasteiger partial charge in [0.15, 0.2) is 5.82 Å². The van der Waals surface area contributed by atoms with Gasteiger partial charge >= 0.3 is 0 Å². The van der Waals surface area contributed by atoms with Crippen LogP contribution in [-0.2, 0) is 19.4 Å². The molecule has 0 aliphatic heterocycles. The summed E-state index contributed by atoms with van der Waals surface area (Å²) >= 11 is 0. The largest absolute Gasteiger partial charge is 0.353 e. The van der Waals surface area contributed by atoms with Crippen molar-refractivity contribution >= 4 is 5.82 Å². The summed E-state index contributed by atoms with van der Waals surface area (Å²) in [6.45, 7) is 12.2. The number of hydrogen-bond acceptors (Lipinski definition) is 4. The van der Waals surface area contributed by atoms with E-state index in [1.807, 2.05) is 0 Å². The van der Waals surface area contributed by atoms with Crippen molar-refractivity contribution in [1.82, 2.24) is 10.2 Å². The first-order chi connectivity index (χ1) is 8.60. The molecule has 102 valence electrons. The van der Waals surface area contributed by atoms with Crippen LogP contribution in [0.4, 0.5) is 5.82 Å². The van der Waals surface area contributed by atoms with Gasteiger partial charge in [-0.15, -0.1) is 5.10 Å². The Morgan fingerprint density at radius 1 is 1.06 bits per heavy atom.